The van der Waals surface area contributed by atoms with Gasteiger partial charge in [0.25, 0.3) is 0 Å². The van der Waals surface area contributed by atoms with Gasteiger partial charge in [-0.25, -0.2) is 9.59 Å². The van der Waals surface area contributed by atoms with Crippen molar-refractivity contribution in [3.63, 3.8) is 0 Å². The van der Waals surface area contributed by atoms with Gasteiger partial charge in [-0.05, 0) is 31.5 Å². The molecule has 8 atom stereocenters. The van der Waals surface area contributed by atoms with E-state index in [-0.39, 0.29) is 18.2 Å². The Bertz CT molecular complexity index is 1310. The second kappa shape index (κ2) is 11.0. The SMILES string of the molecule is C[C@@]1(N)[C@H](O)[C@@H](CO)O[C@H]1n1ccc(N)nc1=O.C[C@@]1(N=[N+]=[N-])[C@H](O)[C@@H](CO)O[C@H]1n1ccc(N)nc1=O. The smallest absolute Gasteiger partial charge is 0.351 e. The second-order valence-corrected chi connectivity index (χ2v) is 9.17. The zero-order valence-corrected chi connectivity index (χ0v) is 20.5. The van der Waals surface area contributed by atoms with Crippen molar-refractivity contribution in [1.82, 2.24) is 19.1 Å². The van der Waals surface area contributed by atoms with E-state index in [9.17, 15) is 24.9 Å². The van der Waals surface area contributed by atoms with E-state index >= 15 is 0 Å². The zero-order chi connectivity index (χ0) is 28.4. The maximum atomic E-state index is 11.8. The molecule has 10 N–H and O–H groups in total. The van der Waals surface area contributed by atoms with Crippen LogP contribution >= 0.6 is 0 Å². The maximum Gasteiger partial charge on any atom is 0.351 e. The van der Waals surface area contributed by atoms with E-state index in [0.717, 1.165) is 9.13 Å². The Morgan fingerprint density at radius 2 is 1.42 bits per heavy atom. The van der Waals surface area contributed by atoms with Gasteiger partial charge < -0.3 is 47.1 Å². The first-order valence-electron chi connectivity index (χ1n) is 11.2. The normalized spacial score (nSPS) is 34.3. The van der Waals surface area contributed by atoms with Crippen LogP contribution in [0.25, 0.3) is 10.4 Å². The molecule has 208 valence electrons. The minimum atomic E-state index is -1.45. The molecule has 0 saturated carbocycles. The van der Waals surface area contributed by atoms with Gasteiger partial charge in [-0.3, -0.25) is 9.13 Å². The molecule has 0 aromatic carbocycles. The lowest BCUT2D eigenvalue weighted by atomic mass is 9.93. The number of aliphatic hydroxyl groups excluding tert-OH is 4. The molecule has 2 aromatic rings. The largest absolute Gasteiger partial charge is 0.394 e. The summed E-state index contributed by atoms with van der Waals surface area (Å²) in [6, 6.07) is 2.80. The molecule has 18 nitrogen and oxygen atoms in total. The number of aliphatic hydroxyl groups is 4. The summed E-state index contributed by atoms with van der Waals surface area (Å²) in [5.41, 5.74) is 21.4. The molecule has 0 amide bonds. The van der Waals surface area contributed by atoms with Gasteiger partial charge in [0.15, 0.2) is 12.5 Å². The van der Waals surface area contributed by atoms with Crippen LogP contribution in [0.3, 0.4) is 0 Å². The third kappa shape index (κ3) is 5.19. The molecule has 0 spiro atoms. The van der Waals surface area contributed by atoms with Gasteiger partial charge in [-0.2, -0.15) is 9.97 Å². The molecule has 0 aliphatic carbocycles. The quantitative estimate of drug-likeness (QED) is 0.113. The van der Waals surface area contributed by atoms with Gasteiger partial charge in [-0.15, -0.1) is 0 Å². The summed E-state index contributed by atoms with van der Waals surface area (Å²) in [4.78, 5) is 33.3. The Labute approximate surface area is 214 Å². The molecule has 0 unspecified atom stereocenters. The van der Waals surface area contributed by atoms with Crippen molar-refractivity contribution in [2.24, 2.45) is 10.8 Å². The first-order valence-corrected chi connectivity index (χ1v) is 11.2. The number of rotatable bonds is 5. The summed E-state index contributed by atoms with van der Waals surface area (Å²) in [7, 11) is 0. The van der Waals surface area contributed by atoms with Crippen LogP contribution in [0.4, 0.5) is 11.6 Å². The fraction of sp³-hybridized carbons (Fsp3) is 0.600. The van der Waals surface area contributed by atoms with Gasteiger partial charge >= 0.3 is 11.4 Å². The number of hydrogen-bond donors (Lipinski definition) is 7. The standard InChI is InChI=1S/C10H14N6O4.C10H16N4O4/c1-10(14-15-12)7(18)5(4-17)20-8(10)16-3-2-6(11)13-9(16)19;1-10(12)7(16)5(4-15)18-8(10)14-3-2-6(11)13-9(14)17/h2-3,5,7-8,17-18H,4H2,1H3,(H2,11,13,19);2-3,5,7-8,15-16H,4,12H2,1H3,(H2,11,13,17)/t2*5-,7-,8-,10-/m11/s1. The minimum Gasteiger partial charge on any atom is -0.394 e. The van der Waals surface area contributed by atoms with Gasteiger partial charge in [-0.1, -0.05) is 5.11 Å². The fourth-order valence-corrected chi connectivity index (χ4v) is 4.25. The minimum absolute atomic E-state index is 0.0361. The molecule has 2 saturated heterocycles. The predicted octanol–water partition coefficient (Wildman–Crippen LogP) is -3.06. The van der Waals surface area contributed by atoms with Crippen LogP contribution in [0.2, 0.25) is 0 Å². The number of ether oxygens (including phenoxy) is 2. The Hall–Kier alpha value is -3.61. The lowest BCUT2D eigenvalue weighted by Gasteiger charge is -2.28. The molecule has 2 aliphatic rings. The molecule has 38 heavy (non-hydrogen) atoms. The molecular formula is C20H30N10O8. The first-order chi connectivity index (χ1) is 17.8. The molecule has 0 bridgehead atoms. The van der Waals surface area contributed by atoms with Crippen molar-refractivity contribution >= 4 is 11.6 Å². The highest BCUT2D eigenvalue weighted by atomic mass is 16.6. The van der Waals surface area contributed by atoms with Crippen LogP contribution in [0, 0.1) is 0 Å². The predicted molar refractivity (Wildman–Crippen MR) is 130 cm³/mol. The Balaban J connectivity index is 0.000000212. The number of anilines is 2. The molecule has 2 aliphatic heterocycles. The third-order valence-electron chi connectivity index (χ3n) is 6.41. The van der Waals surface area contributed by atoms with Crippen LogP contribution in [0.1, 0.15) is 26.3 Å². The van der Waals surface area contributed by atoms with E-state index < -0.39 is 65.9 Å². The number of nitrogen functional groups attached to an aromatic ring is 2. The van der Waals surface area contributed by atoms with Crippen LogP contribution in [-0.2, 0) is 9.47 Å². The van der Waals surface area contributed by atoms with Crippen LogP contribution < -0.4 is 28.6 Å². The molecule has 2 fully saturated rings. The molecule has 4 rings (SSSR count). The van der Waals surface area contributed by atoms with Gasteiger partial charge in [0.05, 0.1) is 24.9 Å². The van der Waals surface area contributed by atoms with E-state index in [4.69, 9.17) is 37.3 Å². The lowest BCUT2D eigenvalue weighted by Crippen LogP contribution is -2.53. The van der Waals surface area contributed by atoms with Crippen molar-refractivity contribution in [2.75, 3.05) is 24.7 Å². The van der Waals surface area contributed by atoms with E-state index in [1.165, 1.54) is 31.5 Å². The molecular weight excluding hydrogens is 508 g/mol. The van der Waals surface area contributed by atoms with Crippen molar-refractivity contribution in [1.29, 1.82) is 0 Å². The van der Waals surface area contributed by atoms with E-state index in [0.29, 0.717) is 0 Å². The number of nitrogens with two attached hydrogens (primary N) is 3. The summed E-state index contributed by atoms with van der Waals surface area (Å²) < 4.78 is 13.0. The fourth-order valence-electron chi connectivity index (χ4n) is 4.25. The Morgan fingerprint density at radius 3 is 1.84 bits per heavy atom. The summed E-state index contributed by atoms with van der Waals surface area (Å²) in [6.07, 6.45) is -3.44. The third-order valence-corrected chi connectivity index (χ3v) is 6.41. The zero-order valence-electron chi connectivity index (χ0n) is 20.5. The molecule has 2 aromatic heterocycles. The number of hydrogen-bond acceptors (Lipinski definition) is 14. The van der Waals surface area contributed by atoms with Crippen LogP contribution in [0.5, 0.6) is 0 Å². The monoisotopic (exact) mass is 538 g/mol. The summed E-state index contributed by atoms with van der Waals surface area (Å²) >= 11 is 0. The topological polar surface area (TPSA) is 296 Å². The number of aromatic nitrogens is 4. The van der Waals surface area contributed by atoms with Gasteiger partial charge in [0.1, 0.15) is 35.5 Å². The highest BCUT2D eigenvalue weighted by molar-refractivity contribution is 5.24. The average Bonchev–Trinajstić information content (AvgIpc) is 3.23. The van der Waals surface area contributed by atoms with Crippen molar-refractivity contribution in [3.05, 3.63) is 55.9 Å². The van der Waals surface area contributed by atoms with Crippen LogP contribution in [0.15, 0.2) is 39.2 Å². The first kappa shape index (κ1) is 29.0. The van der Waals surface area contributed by atoms with E-state index in [1.807, 2.05) is 0 Å². The van der Waals surface area contributed by atoms with Gasteiger partial charge in [0, 0.05) is 17.3 Å². The maximum absolute atomic E-state index is 11.8. The molecule has 18 heteroatoms. The molecule has 4 heterocycles. The van der Waals surface area contributed by atoms with Crippen molar-refractivity contribution in [2.45, 2.75) is 61.8 Å². The highest BCUT2D eigenvalue weighted by Crippen LogP contribution is 2.40. The number of azide groups is 1. The average molecular weight is 539 g/mol. The van der Waals surface area contributed by atoms with E-state index in [1.54, 1.807) is 6.92 Å². The molecule has 0 radical (unpaired) electrons. The summed E-state index contributed by atoms with van der Waals surface area (Å²) in [5, 5.41) is 41.8. The summed E-state index contributed by atoms with van der Waals surface area (Å²) in [5.74, 6) is 0.126. The van der Waals surface area contributed by atoms with Crippen LogP contribution in [-0.4, -0.2) is 88.2 Å². The van der Waals surface area contributed by atoms with Gasteiger partial charge in [0.2, 0.25) is 0 Å². The van der Waals surface area contributed by atoms with Crippen molar-refractivity contribution in [3.8, 4) is 0 Å². The van der Waals surface area contributed by atoms with Crippen molar-refractivity contribution < 1.29 is 29.9 Å². The lowest BCUT2D eigenvalue weighted by molar-refractivity contribution is -0.0486. The van der Waals surface area contributed by atoms with E-state index in [2.05, 4.69) is 20.0 Å². The second-order valence-electron chi connectivity index (χ2n) is 9.17. The Morgan fingerprint density at radius 1 is 0.974 bits per heavy atom. The Kier molecular flexibility index (Phi) is 8.39. The highest BCUT2D eigenvalue weighted by Gasteiger charge is 2.54. The number of nitrogens with zero attached hydrogens (tertiary/aromatic N) is 7. The summed E-state index contributed by atoms with van der Waals surface area (Å²) in [6.45, 7) is 2.11.